The van der Waals surface area contributed by atoms with Gasteiger partial charge in [0.25, 0.3) is 0 Å². The molecule has 3 N–H and O–H groups in total. The molecule has 0 aliphatic rings. The Morgan fingerprint density at radius 3 is 2.84 bits per heavy atom. The van der Waals surface area contributed by atoms with Gasteiger partial charge < -0.3 is 0 Å². The predicted molar refractivity (Wildman–Crippen MR) is 76.9 cm³/mol. The molecule has 0 radical (unpaired) electrons. The summed E-state index contributed by atoms with van der Waals surface area (Å²) in [5, 5.41) is 0. The van der Waals surface area contributed by atoms with Gasteiger partial charge in [-0.15, -0.1) is 0 Å². The standard InChI is InChI=1S/C14H15BrFN3/c15-12-3-4-14(16)11(7-12)8-13(19-17)6-10-2-1-5-18-9-10/h1-5,7,9,13,19H,6,8,17H2. The predicted octanol–water partition coefficient (Wildman–Crippen LogP) is 2.60. The molecule has 0 bridgehead atoms. The fourth-order valence-electron chi connectivity index (χ4n) is 1.96. The number of hydrogen-bond acceptors (Lipinski definition) is 3. The van der Waals surface area contributed by atoms with Gasteiger partial charge in [0.15, 0.2) is 0 Å². The van der Waals surface area contributed by atoms with Crippen molar-refractivity contribution >= 4 is 15.9 Å². The fraction of sp³-hybridized carbons (Fsp3) is 0.214. The second-order valence-electron chi connectivity index (χ2n) is 4.37. The Balaban J connectivity index is 2.09. The van der Waals surface area contributed by atoms with E-state index in [1.807, 2.05) is 12.1 Å². The van der Waals surface area contributed by atoms with Crippen LogP contribution in [0.15, 0.2) is 47.2 Å². The lowest BCUT2D eigenvalue weighted by atomic mass is 10.00. The van der Waals surface area contributed by atoms with Crippen molar-refractivity contribution in [3.63, 3.8) is 0 Å². The SMILES string of the molecule is NNC(Cc1cccnc1)Cc1cc(Br)ccc1F. The van der Waals surface area contributed by atoms with Crippen LogP contribution < -0.4 is 11.3 Å². The van der Waals surface area contributed by atoms with Crippen LogP contribution in [0.3, 0.4) is 0 Å². The van der Waals surface area contributed by atoms with E-state index < -0.39 is 0 Å². The van der Waals surface area contributed by atoms with Gasteiger partial charge in [-0.3, -0.25) is 16.3 Å². The van der Waals surface area contributed by atoms with E-state index in [0.717, 1.165) is 10.0 Å². The molecule has 0 amide bonds. The Morgan fingerprint density at radius 1 is 1.32 bits per heavy atom. The number of benzene rings is 1. The van der Waals surface area contributed by atoms with Crippen LogP contribution in [0.5, 0.6) is 0 Å². The van der Waals surface area contributed by atoms with Crippen LogP contribution in [0.1, 0.15) is 11.1 Å². The maximum Gasteiger partial charge on any atom is 0.126 e. The van der Waals surface area contributed by atoms with E-state index in [-0.39, 0.29) is 11.9 Å². The maximum atomic E-state index is 13.7. The Labute approximate surface area is 120 Å². The lowest BCUT2D eigenvalue weighted by Gasteiger charge is -2.16. The molecule has 1 heterocycles. The van der Waals surface area contributed by atoms with Crippen molar-refractivity contribution in [3.8, 4) is 0 Å². The molecule has 19 heavy (non-hydrogen) atoms. The molecule has 0 aliphatic heterocycles. The van der Waals surface area contributed by atoms with E-state index in [2.05, 4.69) is 26.3 Å². The largest absolute Gasteiger partial charge is 0.271 e. The van der Waals surface area contributed by atoms with E-state index in [1.165, 1.54) is 6.07 Å². The average Bonchev–Trinajstić information content (AvgIpc) is 2.43. The number of hydrogen-bond donors (Lipinski definition) is 2. The third-order valence-corrected chi connectivity index (χ3v) is 3.41. The van der Waals surface area contributed by atoms with Crippen molar-refractivity contribution in [2.24, 2.45) is 5.84 Å². The van der Waals surface area contributed by atoms with Crippen LogP contribution in [-0.2, 0) is 12.8 Å². The van der Waals surface area contributed by atoms with Crippen molar-refractivity contribution in [1.82, 2.24) is 10.4 Å². The zero-order valence-electron chi connectivity index (χ0n) is 10.3. The minimum absolute atomic E-state index is 0.0343. The molecular formula is C14H15BrFN3. The van der Waals surface area contributed by atoms with Gasteiger partial charge in [-0.25, -0.2) is 4.39 Å². The van der Waals surface area contributed by atoms with Crippen molar-refractivity contribution < 1.29 is 4.39 Å². The van der Waals surface area contributed by atoms with Gasteiger partial charge in [0.05, 0.1) is 0 Å². The first-order valence-electron chi connectivity index (χ1n) is 5.98. The summed E-state index contributed by atoms with van der Waals surface area (Å²) < 4.78 is 14.6. The highest BCUT2D eigenvalue weighted by atomic mass is 79.9. The van der Waals surface area contributed by atoms with Crippen LogP contribution >= 0.6 is 15.9 Å². The second kappa shape index (κ2) is 6.75. The normalized spacial score (nSPS) is 12.4. The lowest BCUT2D eigenvalue weighted by molar-refractivity contribution is 0.506. The highest BCUT2D eigenvalue weighted by Crippen LogP contribution is 2.17. The quantitative estimate of drug-likeness (QED) is 0.657. The van der Waals surface area contributed by atoms with Crippen molar-refractivity contribution in [1.29, 1.82) is 0 Å². The molecule has 0 saturated carbocycles. The minimum Gasteiger partial charge on any atom is -0.271 e. The van der Waals surface area contributed by atoms with Gasteiger partial charge in [-0.2, -0.15) is 0 Å². The minimum atomic E-state index is -0.213. The van der Waals surface area contributed by atoms with E-state index >= 15 is 0 Å². The smallest absolute Gasteiger partial charge is 0.126 e. The zero-order valence-corrected chi connectivity index (χ0v) is 11.9. The summed E-state index contributed by atoms with van der Waals surface area (Å²) in [7, 11) is 0. The monoisotopic (exact) mass is 323 g/mol. The molecule has 2 aromatic rings. The van der Waals surface area contributed by atoms with Crippen molar-refractivity contribution in [2.45, 2.75) is 18.9 Å². The summed E-state index contributed by atoms with van der Waals surface area (Å²) in [5.41, 5.74) is 4.45. The van der Waals surface area contributed by atoms with Crippen molar-refractivity contribution in [3.05, 3.63) is 64.1 Å². The maximum absolute atomic E-state index is 13.7. The molecule has 0 spiro atoms. The first-order valence-corrected chi connectivity index (χ1v) is 6.77. The summed E-state index contributed by atoms with van der Waals surface area (Å²) in [4.78, 5) is 4.06. The Hall–Kier alpha value is -1.30. The third-order valence-electron chi connectivity index (χ3n) is 2.91. The molecule has 1 atom stereocenters. The molecule has 100 valence electrons. The topological polar surface area (TPSA) is 50.9 Å². The van der Waals surface area contributed by atoms with E-state index in [4.69, 9.17) is 5.84 Å². The summed E-state index contributed by atoms with van der Waals surface area (Å²) >= 11 is 3.35. The average molecular weight is 324 g/mol. The number of hydrazine groups is 1. The first-order chi connectivity index (χ1) is 9.19. The molecule has 0 aliphatic carbocycles. The molecule has 0 fully saturated rings. The van der Waals surface area contributed by atoms with Gasteiger partial charge in [-0.1, -0.05) is 22.0 Å². The van der Waals surface area contributed by atoms with E-state index in [9.17, 15) is 4.39 Å². The van der Waals surface area contributed by atoms with Crippen LogP contribution in [0.2, 0.25) is 0 Å². The summed E-state index contributed by atoms with van der Waals surface area (Å²) in [6, 6.07) is 8.75. The van der Waals surface area contributed by atoms with Gasteiger partial charge in [0.1, 0.15) is 5.82 Å². The van der Waals surface area contributed by atoms with Crippen LogP contribution in [0, 0.1) is 5.82 Å². The first kappa shape index (κ1) is 14.1. The lowest BCUT2D eigenvalue weighted by Crippen LogP contribution is -2.38. The highest BCUT2D eigenvalue weighted by molar-refractivity contribution is 9.10. The van der Waals surface area contributed by atoms with Crippen LogP contribution in [0.25, 0.3) is 0 Å². The molecular weight excluding hydrogens is 309 g/mol. The van der Waals surface area contributed by atoms with Gasteiger partial charge in [0.2, 0.25) is 0 Å². The second-order valence-corrected chi connectivity index (χ2v) is 5.28. The fourth-order valence-corrected chi connectivity index (χ4v) is 2.37. The summed E-state index contributed by atoms with van der Waals surface area (Å²) in [5.74, 6) is 5.34. The third kappa shape index (κ3) is 4.09. The Morgan fingerprint density at radius 2 is 2.16 bits per heavy atom. The molecule has 2 rings (SSSR count). The molecule has 5 heteroatoms. The molecule has 3 nitrogen and oxygen atoms in total. The molecule has 0 saturated heterocycles. The van der Waals surface area contributed by atoms with Gasteiger partial charge >= 0.3 is 0 Å². The number of nitrogens with two attached hydrogens (primary N) is 1. The van der Waals surface area contributed by atoms with Gasteiger partial charge in [-0.05, 0) is 48.2 Å². The number of pyridine rings is 1. The molecule has 1 unspecified atom stereocenters. The number of rotatable bonds is 5. The number of nitrogens with zero attached hydrogens (tertiary/aromatic N) is 1. The van der Waals surface area contributed by atoms with Gasteiger partial charge in [0, 0.05) is 22.9 Å². The molecule has 1 aromatic carbocycles. The van der Waals surface area contributed by atoms with E-state index in [1.54, 1.807) is 24.5 Å². The van der Waals surface area contributed by atoms with Crippen molar-refractivity contribution in [2.75, 3.05) is 0 Å². The number of aromatic nitrogens is 1. The Bertz CT molecular complexity index is 533. The number of halogens is 2. The zero-order chi connectivity index (χ0) is 13.7. The highest BCUT2D eigenvalue weighted by Gasteiger charge is 2.12. The summed E-state index contributed by atoms with van der Waals surface area (Å²) in [6.07, 6.45) is 4.75. The van der Waals surface area contributed by atoms with Crippen LogP contribution in [-0.4, -0.2) is 11.0 Å². The van der Waals surface area contributed by atoms with Crippen LogP contribution in [0.4, 0.5) is 4.39 Å². The number of nitrogens with one attached hydrogen (secondary N) is 1. The summed E-state index contributed by atoms with van der Waals surface area (Å²) in [6.45, 7) is 0. The van der Waals surface area contributed by atoms with E-state index in [0.29, 0.717) is 18.4 Å². The molecule has 1 aromatic heterocycles. The Kier molecular flexibility index (Phi) is 5.01.